The van der Waals surface area contributed by atoms with Gasteiger partial charge in [0, 0.05) is 18.0 Å². The van der Waals surface area contributed by atoms with Crippen molar-refractivity contribution >= 4 is 16.8 Å². The van der Waals surface area contributed by atoms with Crippen molar-refractivity contribution in [2.24, 2.45) is 0 Å². The summed E-state index contributed by atoms with van der Waals surface area (Å²) in [6, 6.07) is 5.58. The molecule has 1 aliphatic heterocycles. The number of aromatic amines is 2. The van der Waals surface area contributed by atoms with Crippen molar-refractivity contribution in [3.05, 3.63) is 34.2 Å². The van der Waals surface area contributed by atoms with E-state index in [1.807, 2.05) is 0 Å². The van der Waals surface area contributed by atoms with Crippen molar-refractivity contribution in [3.8, 4) is 0 Å². The first-order chi connectivity index (χ1) is 8.72. The summed E-state index contributed by atoms with van der Waals surface area (Å²) in [6.45, 7) is 1.00. The Hall–Kier alpha value is -1.88. The molecule has 0 radical (unpaired) electrons. The third-order valence-corrected chi connectivity index (χ3v) is 3.43. The number of carbonyl (C=O) groups excluding carboxylic acids is 1. The first kappa shape index (κ1) is 11.2. The Morgan fingerprint density at radius 3 is 2.89 bits per heavy atom. The van der Waals surface area contributed by atoms with Gasteiger partial charge in [-0.05, 0) is 37.6 Å². The van der Waals surface area contributed by atoms with E-state index in [0.29, 0.717) is 23.5 Å². The quantitative estimate of drug-likeness (QED) is 0.710. The lowest BCUT2D eigenvalue weighted by Gasteiger charge is -2.08. The fourth-order valence-electron chi connectivity index (χ4n) is 2.48. The summed E-state index contributed by atoms with van der Waals surface area (Å²) in [7, 11) is 0. The van der Waals surface area contributed by atoms with Gasteiger partial charge in [-0.3, -0.25) is 4.79 Å². The molecule has 0 saturated carbocycles. The lowest BCUT2D eigenvalue weighted by Crippen LogP contribution is -2.24. The van der Waals surface area contributed by atoms with Crippen LogP contribution in [-0.2, 0) is 0 Å². The number of Topliss-reactive ketones (excluding diaryl/α,β-unsaturated/α-hetero) is 1. The zero-order chi connectivity index (χ0) is 12.5. The van der Waals surface area contributed by atoms with E-state index in [0.717, 1.165) is 24.9 Å². The Morgan fingerprint density at radius 2 is 2.11 bits per heavy atom. The Kier molecular flexibility index (Phi) is 2.76. The number of fused-ring (bicyclic) bond motifs is 1. The third-order valence-electron chi connectivity index (χ3n) is 3.43. The summed E-state index contributed by atoms with van der Waals surface area (Å²) in [5.74, 6) is 0.123. The van der Waals surface area contributed by atoms with Crippen molar-refractivity contribution in [2.75, 3.05) is 6.54 Å². The van der Waals surface area contributed by atoms with E-state index >= 15 is 0 Å². The van der Waals surface area contributed by atoms with Gasteiger partial charge < -0.3 is 15.3 Å². The molecular weight excluding hydrogens is 230 g/mol. The highest BCUT2D eigenvalue weighted by atomic mass is 16.1. The van der Waals surface area contributed by atoms with Crippen LogP contribution >= 0.6 is 0 Å². The molecule has 1 aliphatic rings. The van der Waals surface area contributed by atoms with Gasteiger partial charge in [-0.15, -0.1) is 0 Å². The highest BCUT2D eigenvalue weighted by Gasteiger charge is 2.18. The normalized spacial score (nSPS) is 19.4. The number of H-pyrrole nitrogens is 2. The smallest absolute Gasteiger partial charge is 0.314 e. The molecule has 3 rings (SSSR count). The summed E-state index contributed by atoms with van der Waals surface area (Å²) in [4.78, 5) is 28.6. The molecule has 1 fully saturated rings. The highest BCUT2D eigenvalue weighted by Crippen LogP contribution is 2.15. The lowest BCUT2D eigenvalue weighted by atomic mass is 10.0. The second-order valence-corrected chi connectivity index (χ2v) is 4.76. The fraction of sp³-hybridized carbons (Fsp3) is 0.385. The van der Waals surface area contributed by atoms with E-state index in [4.69, 9.17) is 0 Å². The molecule has 1 saturated heterocycles. The van der Waals surface area contributed by atoms with Gasteiger partial charge in [0.05, 0.1) is 11.0 Å². The third kappa shape index (κ3) is 2.09. The largest absolute Gasteiger partial charge is 0.323 e. The maximum absolute atomic E-state index is 12.1. The average Bonchev–Trinajstić information content (AvgIpc) is 2.95. The molecule has 94 valence electrons. The van der Waals surface area contributed by atoms with Crippen LogP contribution in [0.15, 0.2) is 23.0 Å². The molecule has 2 aromatic rings. The van der Waals surface area contributed by atoms with Gasteiger partial charge in [-0.25, -0.2) is 4.79 Å². The standard InChI is InChI=1S/C13H15N3O2/c17-12(7-9-2-1-5-14-9)8-3-4-10-11(6-8)16-13(18)15-10/h3-4,6,9,14H,1-2,5,7H2,(H2,15,16,18). The Morgan fingerprint density at radius 1 is 1.28 bits per heavy atom. The maximum Gasteiger partial charge on any atom is 0.323 e. The van der Waals surface area contributed by atoms with Crippen molar-refractivity contribution in [1.82, 2.24) is 15.3 Å². The number of ketones is 1. The second kappa shape index (κ2) is 4.42. The summed E-state index contributed by atoms with van der Waals surface area (Å²) in [6.07, 6.45) is 2.73. The van der Waals surface area contributed by atoms with Gasteiger partial charge in [-0.2, -0.15) is 0 Å². The van der Waals surface area contributed by atoms with Crippen LogP contribution in [0, 0.1) is 0 Å². The molecule has 1 aromatic heterocycles. The molecule has 1 aromatic carbocycles. The predicted octanol–water partition coefficient (Wildman–Crippen LogP) is 1.18. The zero-order valence-electron chi connectivity index (χ0n) is 9.95. The molecule has 1 unspecified atom stereocenters. The van der Waals surface area contributed by atoms with E-state index in [1.165, 1.54) is 0 Å². The van der Waals surface area contributed by atoms with Gasteiger partial charge in [0.15, 0.2) is 5.78 Å². The Bertz CT molecular complexity index is 635. The van der Waals surface area contributed by atoms with E-state index < -0.39 is 0 Å². The first-order valence-electron chi connectivity index (χ1n) is 6.21. The number of nitrogens with one attached hydrogen (secondary N) is 3. The average molecular weight is 245 g/mol. The maximum atomic E-state index is 12.1. The van der Waals surface area contributed by atoms with Crippen LogP contribution in [0.4, 0.5) is 0 Å². The van der Waals surface area contributed by atoms with Crippen molar-refractivity contribution in [1.29, 1.82) is 0 Å². The second-order valence-electron chi connectivity index (χ2n) is 4.76. The van der Waals surface area contributed by atoms with Gasteiger partial charge in [0.25, 0.3) is 0 Å². The summed E-state index contributed by atoms with van der Waals surface area (Å²) >= 11 is 0. The van der Waals surface area contributed by atoms with Gasteiger partial charge in [-0.1, -0.05) is 0 Å². The summed E-state index contributed by atoms with van der Waals surface area (Å²) in [5.41, 5.74) is 1.83. The van der Waals surface area contributed by atoms with E-state index in [2.05, 4.69) is 15.3 Å². The van der Waals surface area contributed by atoms with Crippen LogP contribution in [0.2, 0.25) is 0 Å². The first-order valence-corrected chi connectivity index (χ1v) is 6.21. The highest BCUT2D eigenvalue weighted by molar-refractivity contribution is 5.99. The predicted molar refractivity (Wildman–Crippen MR) is 68.9 cm³/mol. The van der Waals surface area contributed by atoms with Gasteiger partial charge >= 0.3 is 5.69 Å². The number of carbonyl (C=O) groups is 1. The number of aromatic nitrogens is 2. The number of rotatable bonds is 3. The van der Waals surface area contributed by atoms with Crippen LogP contribution in [0.5, 0.6) is 0 Å². The van der Waals surface area contributed by atoms with Crippen LogP contribution in [0.1, 0.15) is 29.6 Å². The number of hydrogen-bond acceptors (Lipinski definition) is 3. The van der Waals surface area contributed by atoms with Crippen molar-refractivity contribution in [3.63, 3.8) is 0 Å². The van der Waals surface area contributed by atoms with Gasteiger partial charge in [0.2, 0.25) is 0 Å². The Balaban J connectivity index is 1.84. The minimum absolute atomic E-state index is 0.123. The Labute approximate surface area is 104 Å². The zero-order valence-corrected chi connectivity index (χ0v) is 9.95. The van der Waals surface area contributed by atoms with Gasteiger partial charge in [0.1, 0.15) is 0 Å². The minimum atomic E-state index is -0.243. The number of hydrogen-bond donors (Lipinski definition) is 3. The fourth-order valence-corrected chi connectivity index (χ4v) is 2.48. The molecule has 2 heterocycles. The van der Waals surface area contributed by atoms with Crippen LogP contribution in [-0.4, -0.2) is 28.3 Å². The van der Waals surface area contributed by atoms with E-state index in [9.17, 15) is 9.59 Å². The minimum Gasteiger partial charge on any atom is -0.314 e. The van der Waals surface area contributed by atoms with E-state index in [-0.39, 0.29) is 11.5 Å². The molecule has 5 nitrogen and oxygen atoms in total. The molecule has 5 heteroatoms. The number of imidazole rings is 1. The van der Waals surface area contributed by atoms with Crippen LogP contribution in [0.3, 0.4) is 0 Å². The lowest BCUT2D eigenvalue weighted by molar-refractivity contribution is 0.0972. The van der Waals surface area contributed by atoms with Crippen LogP contribution < -0.4 is 11.0 Å². The monoisotopic (exact) mass is 245 g/mol. The molecular formula is C13H15N3O2. The summed E-state index contributed by atoms with van der Waals surface area (Å²) in [5, 5.41) is 3.31. The molecule has 0 aliphatic carbocycles. The molecule has 0 amide bonds. The molecule has 1 atom stereocenters. The van der Waals surface area contributed by atoms with Crippen LogP contribution in [0.25, 0.3) is 11.0 Å². The SMILES string of the molecule is O=C(CC1CCCN1)c1ccc2[nH]c(=O)[nH]c2c1. The molecule has 0 bridgehead atoms. The summed E-state index contributed by atoms with van der Waals surface area (Å²) < 4.78 is 0. The molecule has 3 N–H and O–H groups in total. The topological polar surface area (TPSA) is 77.8 Å². The number of benzene rings is 1. The molecule has 0 spiro atoms. The van der Waals surface area contributed by atoms with E-state index in [1.54, 1.807) is 18.2 Å². The van der Waals surface area contributed by atoms with Crippen molar-refractivity contribution < 1.29 is 4.79 Å². The van der Waals surface area contributed by atoms with Crippen molar-refractivity contribution in [2.45, 2.75) is 25.3 Å². The molecule has 18 heavy (non-hydrogen) atoms.